The Balaban J connectivity index is 2.81. The van der Waals surface area contributed by atoms with Gasteiger partial charge in [-0.3, -0.25) is 10.2 Å². The molecule has 0 saturated carbocycles. The maximum atomic E-state index is 11.4. The number of benzene rings is 1. The van der Waals surface area contributed by atoms with E-state index < -0.39 is 0 Å². The van der Waals surface area contributed by atoms with E-state index in [-0.39, 0.29) is 11.2 Å². The van der Waals surface area contributed by atoms with Crippen LogP contribution in [0.25, 0.3) is 0 Å². The average Bonchev–Trinajstić information content (AvgIpc) is 2.35. The van der Waals surface area contributed by atoms with E-state index in [0.29, 0.717) is 6.42 Å². The van der Waals surface area contributed by atoms with Gasteiger partial charge in [-0.2, -0.15) is 0 Å². The number of carbonyl (C=O) groups excluding carboxylic acids is 1. The average molecular weight is 240 g/mol. The minimum absolute atomic E-state index is 0.168. The van der Waals surface area contributed by atoms with Crippen LogP contribution < -0.4 is 16.0 Å². The van der Waals surface area contributed by atoms with Crippen molar-refractivity contribution in [2.75, 3.05) is 7.11 Å². The van der Waals surface area contributed by atoms with Gasteiger partial charge >= 0.3 is 0 Å². The Hall–Kier alpha value is -1.20. The number of hydrogen-bond acceptors (Lipinski definition) is 4. The lowest BCUT2D eigenvalue weighted by molar-refractivity contribution is -0.120. The molecule has 1 atom stereocenters. The first-order valence-electron chi connectivity index (χ1n) is 5.03. The van der Waals surface area contributed by atoms with Crippen molar-refractivity contribution in [1.29, 1.82) is 0 Å². The fraction of sp³-hybridized carbons (Fsp3) is 0.364. The first-order chi connectivity index (χ1) is 7.72. The lowest BCUT2D eigenvalue weighted by Crippen LogP contribution is -2.37. The minimum atomic E-state index is -0.193. The van der Waals surface area contributed by atoms with Crippen LogP contribution >= 0.6 is 11.8 Å². The van der Waals surface area contributed by atoms with Gasteiger partial charge in [-0.1, -0.05) is 19.1 Å². The van der Waals surface area contributed by atoms with Gasteiger partial charge in [0.25, 0.3) is 0 Å². The predicted octanol–water partition coefficient (Wildman–Crippen LogP) is 1.56. The van der Waals surface area contributed by atoms with Crippen LogP contribution in [0.2, 0.25) is 0 Å². The van der Waals surface area contributed by atoms with E-state index in [1.54, 1.807) is 7.11 Å². The SMILES string of the molecule is CCC(Sc1ccccc1OC)C(=O)NN. The van der Waals surface area contributed by atoms with Crippen molar-refractivity contribution in [3.05, 3.63) is 24.3 Å². The number of hydrazine groups is 1. The van der Waals surface area contributed by atoms with Gasteiger partial charge in [0.1, 0.15) is 5.75 Å². The summed E-state index contributed by atoms with van der Waals surface area (Å²) in [5.74, 6) is 5.73. The minimum Gasteiger partial charge on any atom is -0.496 e. The number of amides is 1. The molecule has 4 nitrogen and oxygen atoms in total. The molecule has 1 unspecified atom stereocenters. The summed E-state index contributed by atoms with van der Waals surface area (Å²) in [6.07, 6.45) is 0.714. The summed E-state index contributed by atoms with van der Waals surface area (Å²) in [6, 6.07) is 7.61. The van der Waals surface area contributed by atoms with Crippen molar-refractivity contribution in [2.24, 2.45) is 5.84 Å². The molecule has 0 aliphatic heterocycles. The van der Waals surface area contributed by atoms with Crippen molar-refractivity contribution >= 4 is 17.7 Å². The van der Waals surface area contributed by atoms with Gasteiger partial charge in [-0.25, -0.2) is 5.84 Å². The predicted molar refractivity (Wildman–Crippen MR) is 65.3 cm³/mol. The second-order valence-corrected chi connectivity index (χ2v) is 4.42. The van der Waals surface area contributed by atoms with Gasteiger partial charge in [0.2, 0.25) is 5.91 Å². The molecule has 5 heteroatoms. The molecular weight excluding hydrogens is 224 g/mol. The summed E-state index contributed by atoms with van der Waals surface area (Å²) in [7, 11) is 1.61. The van der Waals surface area contributed by atoms with Crippen LogP contribution in [0.15, 0.2) is 29.2 Å². The molecule has 1 aromatic rings. The van der Waals surface area contributed by atoms with Crippen LogP contribution in [0.3, 0.4) is 0 Å². The third-order valence-corrected chi connectivity index (χ3v) is 3.57. The van der Waals surface area contributed by atoms with Gasteiger partial charge < -0.3 is 4.74 Å². The molecule has 88 valence electrons. The van der Waals surface area contributed by atoms with Crippen LogP contribution in [-0.2, 0) is 4.79 Å². The topological polar surface area (TPSA) is 64.3 Å². The molecule has 0 bridgehead atoms. The number of para-hydroxylation sites is 1. The standard InChI is InChI=1S/C11H16N2O2S/c1-3-9(11(14)13-12)16-10-7-5-4-6-8(10)15-2/h4-7,9H,3,12H2,1-2H3,(H,13,14). The lowest BCUT2D eigenvalue weighted by atomic mass is 10.3. The Labute approximate surface area is 99.5 Å². The summed E-state index contributed by atoms with van der Waals surface area (Å²) in [4.78, 5) is 12.4. The number of nitrogens with one attached hydrogen (secondary N) is 1. The second kappa shape index (κ2) is 6.40. The number of rotatable bonds is 5. The number of hydrogen-bond donors (Lipinski definition) is 2. The molecule has 0 spiro atoms. The van der Waals surface area contributed by atoms with Crippen LogP contribution in [0.4, 0.5) is 0 Å². The van der Waals surface area contributed by atoms with Crippen molar-refractivity contribution in [3.63, 3.8) is 0 Å². The zero-order chi connectivity index (χ0) is 12.0. The molecule has 0 saturated heterocycles. The monoisotopic (exact) mass is 240 g/mol. The van der Waals surface area contributed by atoms with Gasteiger partial charge in [-0.05, 0) is 18.6 Å². The summed E-state index contributed by atoms with van der Waals surface area (Å²) in [5, 5.41) is -0.193. The molecule has 1 rings (SSSR count). The lowest BCUT2D eigenvalue weighted by Gasteiger charge is -2.14. The van der Waals surface area contributed by atoms with E-state index in [2.05, 4.69) is 5.43 Å². The fourth-order valence-corrected chi connectivity index (χ4v) is 2.36. The number of nitrogens with two attached hydrogens (primary N) is 1. The Morgan fingerprint density at radius 1 is 1.56 bits per heavy atom. The molecule has 0 aliphatic carbocycles. The van der Waals surface area contributed by atoms with Gasteiger partial charge in [-0.15, -0.1) is 11.8 Å². The van der Waals surface area contributed by atoms with E-state index in [9.17, 15) is 4.79 Å². The molecule has 1 aromatic carbocycles. The Bertz CT molecular complexity index is 358. The quantitative estimate of drug-likeness (QED) is 0.355. The van der Waals surface area contributed by atoms with Crippen molar-refractivity contribution in [1.82, 2.24) is 5.43 Å². The zero-order valence-electron chi connectivity index (χ0n) is 9.40. The highest BCUT2D eigenvalue weighted by Gasteiger charge is 2.18. The number of carbonyl (C=O) groups is 1. The molecule has 0 heterocycles. The maximum absolute atomic E-state index is 11.4. The molecule has 1 amide bonds. The second-order valence-electron chi connectivity index (χ2n) is 3.17. The van der Waals surface area contributed by atoms with Crippen LogP contribution in [0.5, 0.6) is 5.75 Å². The van der Waals surface area contributed by atoms with E-state index in [4.69, 9.17) is 10.6 Å². The van der Waals surface area contributed by atoms with Crippen LogP contribution in [0, 0.1) is 0 Å². The Kier molecular flexibility index (Phi) is 5.14. The number of ether oxygens (including phenoxy) is 1. The van der Waals surface area contributed by atoms with Crippen molar-refractivity contribution in [2.45, 2.75) is 23.5 Å². The summed E-state index contributed by atoms with van der Waals surface area (Å²) in [6.45, 7) is 1.95. The van der Waals surface area contributed by atoms with Gasteiger partial charge in [0.05, 0.1) is 17.3 Å². The summed E-state index contributed by atoms with van der Waals surface area (Å²) >= 11 is 1.46. The third-order valence-electron chi connectivity index (χ3n) is 2.14. The Morgan fingerprint density at radius 2 is 2.25 bits per heavy atom. The van der Waals surface area contributed by atoms with Crippen LogP contribution in [0.1, 0.15) is 13.3 Å². The normalized spacial score (nSPS) is 11.9. The van der Waals surface area contributed by atoms with Crippen LogP contribution in [-0.4, -0.2) is 18.3 Å². The van der Waals surface area contributed by atoms with Crippen molar-refractivity contribution in [3.8, 4) is 5.75 Å². The largest absolute Gasteiger partial charge is 0.496 e. The number of thioether (sulfide) groups is 1. The summed E-state index contributed by atoms with van der Waals surface area (Å²) < 4.78 is 5.22. The first kappa shape index (κ1) is 12.9. The first-order valence-corrected chi connectivity index (χ1v) is 5.91. The van der Waals surface area contributed by atoms with Gasteiger partial charge in [0.15, 0.2) is 0 Å². The molecular formula is C11H16N2O2S. The maximum Gasteiger partial charge on any atom is 0.247 e. The highest BCUT2D eigenvalue weighted by Crippen LogP contribution is 2.32. The molecule has 16 heavy (non-hydrogen) atoms. The van der Waals surface area contributed by atoms with E-state index in [0.717, 1.165) is 10.6 Å². The highest BCUT2D eigenvalue weighted by atomic mass is 32.2. The van der Waals surface area contributed by atoms with Gasteiger partial charge in [0, 0.05) is 0 Å². The summed E-state index contributed by atoms with van der Waals surface area (Å²) in [5.41, 5.74) is 2.17. The van der Waals surface area contributed by atoms with E-state index in [1.807, 2.05) is 31.2 Å². The fourth-order valence-electron chi connectivity index (χ4n) is 1.28. The molecule has 3 N–H and O–H groups in total. The number of methoxy groups -OCH3 is 1. The Morgan fingerprint density at radius 3 is 2.81 bits per heavy atom. The van der Waals surface area contributed by atoms with Crippen molar-refractivity contribution < 1.29 is 9.53 Å². The molecule has 0 fully saturated rings. The molecule has 0 aliphatic rings. The smallest absolute Gasteiger partial charge is 0.247 e. The molecule has 0 aromatic heterocycles. The molecule has 0 radical (unpaired) electrons. The van der Waals surface area contributed by atoms with E-state index >= 15 is 0 Å². The van der Waals surface area contributed by atoms with E-state index in [1.165, 1.54) is 11.8 Å². The highest BCUT2D eigenvalue weighted by molar-refractivity contribution is 8.00. The zero-order valence-corrected chi connectivity index (χ0v) is 10.2. The third kappa shape index (κ3) is 3.15.